The lowest BCUT2D eigenvalue weighted by Crippen LogP contribution is -2.34. The van der Waals surface area contributed by atoms with E-state index in [9.17, 15) is 9.59 Å². The van der Waals surface area contributed by atoms with Gasteiger partial charge in [-0.2, -0.15) is 0 Å². The summed E-state index contributed by atoms with van der Waals surface area (Å²) in [6.07, 6.45) is 0. The molecule has 1 aromatic heterocycles. The number of thiazole rings is 1. The molecule has 0 unspecified atom stereocenters. The molecule has 3 N–H and O–H groups in total. The highest BCUT2D eigenvalue weighted by molar-refractivity contribution is 7.80. The van der Waals surface area contributed by atoms with Crippen LogP contribution in [0, 0.1) is 0 Å². The Morgan fingerprint density at radius 3 is 2.55 bits per heavy atom. The zero-order valence-electron chi connectivity index (χ0n) is 15.4. The number of thiocarbonyl (C=S) groups is 1. The van der Waals surface area contributed by atoms with Gasteiger partial charge in [0.25, 0.3) is 5.91 Å². The van der Waals surface area contributed by atoms with Gasteiger partial charge < -0.3 is 10.6 Å². The summed E-state index contributed by atoms with van der Waals surface area (Å²) in [5.74, 6) is -0.424. The third-order valence-corrected chi connectivity index (χ3v) is 5.31. The molecule has 0 fully saturated rings. The molecule has 8 heteroatoms. The smallest absolute Gasteiger partial charge is 0.257 e. The second-order valence-electron chi connectivity index (χ2n) is 6.35. The zero-order valence-corrected chi connectivity index (χ0v) is 17.0. The van der Waals surface area contributed by atoms with Crippen molar-refractivity contribution in [1.29, 1.82) is 0 Å². The van der Waals surface area contributed by atoms with Gasteiger partial charge in [-0.25, -0.2) is 4.98 Å². The summed E-state index contributed by atoms with van der Waals surface area (Å²) >= 11 is 6.64. The first-order valence-electron chi connectivity index (χ1n) is 8.77. The fraction of sp³-hybridized carbons (Fsp3) is 0.0476. The van der Waals surface area contributed by atoms with Gasteiger partial charge in [0.1, 0.15) is 0 Å². The van der Waals surface area contributed by atoms with Crippen molar-refractivity contribution in [3.8, 4) is 0 Å². The number of aromatic nitrogens is 1. The van der Waals surface area contributed by atoms with E-state index in [4.69, 9.17) is 12.2 Å². The summed E-state index contributed by atoms with van der Waals surface area (Å²) in [6, 6.07) is 18.8. The minimum Gasteiger partial charge on any atom is -0.326 e. The molecule has 4 aromatic rings. The van der Waals surface area contributed by atoms with Crippen LogP contribution in [0.1, 0.15) is 17.3 Å². The number of hydrogen-bond donors (Lipinski definition) is 3. The Morgan fingerprint density at radius 1 is 0.966 bits per heavy atom. The van der Waals surface area contributed by atoms with Crippen molar-refractivity contribution in [2.24, 2.45) is 0 Å². The zero-order chi connectivity index (χ0) is 20.4. The van der Waals surface area contributed by atoms with Crippen LogP contribution in [0.5, 0.6) is 0 Å². The average Bonchev–Trinajstić information content (AvgIpc) is 3.08. The molecule has 0 aliphatic carbocycles. The average molecular weight is 421 g/mol. The maximum Gasteiger partial charge on any atom is 0.257 e. The van der Waals surface area contributed by atoms with Crippen LogP contribution in [0.4, 0.5) is 10.8 Å². The summed E-state index contributed by atoms with van der Waals surface area (Å²) in [7, 11) is 0. The molecule has 1 heterocycles. The van der Waals surface area contributed by atoms with Crippen LogP contribution in [-0.2, 0) is 4.79 Å². The number of hydrogen-bond acceptors (Lipinski definition) is 5. The SMILES string of the molecule is CC(=O)Nc1ccc2nc(NC(=S)NC(=O)c3ccc4ccccc4c3)sc2c1. The van der Waals surface area contributed by atoms with Crippen molar-refractivity contribution in [2.75, 3.05) is 10.6 Å². The predicted octanol–water partition coefficient (Wildman–Crippen LogP) is 4.53. The summed E-state index contributed by atoms with van der Waals surface area (Å²) in [5.41, 5.74) is 2.00. The molecular weight excluding hydrogens is 404 g/mol. The van der Waals surface area contributed by atoms with Crippen molar-refractivity contribution in [1.82, 2.24) is 10.3 Å². The summed E-state index contributed by atoms with van der Waals surface area (Å²) < 4.78 is 0.891. The highest BCUT2D eigenvalue weighted by Crippen LogP contribution is 2.28. The topological polar surface area (TPSA) is 83.1 Å². The molecule has 0 aliphatic rings. The Morgan fingerprint density at radius 2 is 1.76 bits per heavy atom. The summed E-state index contributed by atoms with van der Waals surface area (Å²) in [5, 5.41) is 11.2. The van der Waals surface area contributed by atoms with Crippen LogP contribution in [0.15, 0.2) is 60.7 Å². The van der Waals surface area contributed by atoms with Crippen LogP contribution >= 0.6 is 23.6 Å². The Bertz CT molecular complexity index is 1270. The van der Waals surface area contributed by atoms with E-state index < -0.39 is 0 Å². The van der Waals surface area contributed by atoms with E-state index in [2.05, 4.69) is 20.9 Å². The summed E-state index contributed by atoms with van der Waals surface area (Å²) in [4.78, 5) is 28.2. The number of amides is 2. The van der Waals surface area contributed by atoms with Gasteiger partial charge >= 0.3 is 0 Å². The summed E-state index contributed by atoms with van der Waals surface area (Å²) in [6.45, 7) is 1.46. The lowest BCUT2D eigenvalue weighted by molar-refractivity contribution is -0.114. The first kappa shape index (κ1) is 19.0. The normalized spacial score (nSPS) is 10.7. The van der Waals surface area contributed by atoms with Crippen LogP contribution < -0.4 is 16.0 Å². The number of carbonyl (C=O) groups is 2. The fourth-order valence-electron chi connectivity index (χ4n) is 2.89. The van der Waals surface area contributed by atoms with E-state index in [0.29, 0.717) is 16.4 Å². The maximum atomic E-state index is 12.5. The molecule has 6 nitrogen and oxygen atoms in total. The molecule has 0 radical (unpaired) electrons. The first-order valence-corrected chi connectivity index (χ1v) is 10.00. The van der Waals surface area contributed by atoms with Crippen molar-refractivity contribution < 1.29 is 9.59 Å². The van der Waals surface area contributed by atoms with Crippen LogP contribution in [-0.4, -0.2) is 21.9 Å². The van der Waals surface area contributed by atoms with Gasteiger partial charge in [0.15, 0.2) is 10.2 Å². The van der Waals surface area contributed by atoms with Crippen LogP contribution in [0.25, 0.3) is 21.0 Å². The second-order valence-corrected chi connectivity index (χ2v) is 7.79. The van der Waals surface area contributed by atoms with E-state index >= 15 is 0 Å². The van der Waals surface area contributed by atoms with E-state index in [1.165, 1.54) is 18.3 Å². The maximum absolute atomic E-state index is 12.5. The third kappa shape index (κ3) is 4.39. The molecule has 0 spiro atoms. The Balaban J connectivity index is 1.45. The van der Waals surface area contributed by atoms with E-state index in [1.807, 2.05) is 48.5 Å². The second kappa shape index (κ2) is 7.94. The highest BCUT2D eigenvalue weighted by Gasteiger charge is 2.11. The lowest BCUT2D eigenvalue weighted by Gasteiger charge is -2.08. The van der Waals surface area contributed by atoms with Gasteiger partial charge in [0.05, 0.1) is 10.2 Å². The molecular formula is C21H16N4O2S2. The molecule has 0 saturated heterocycles. The van der Waals surface area contributed by atoms with Gasteiger partial charge in [-0.1, -0.05) is 41.7 Å². The molecule has 4 rings (SSSR count). The number of anilines is 2. The Kier molecular flexibility index (Phi) is 5.20. The molecule has 3 aromatic carbocycles. The molecule has 0 aliphatic heterocycles. The first-order chi connectivity index (χ1) is 14.0. The number of fused-ring (bicyclic) bond motifs is 2. The Hall–Kier alpha value is -3.36. The van der Waals surface area contributed by atoms with Gasteiger partial charge in [0, 0.05) is 18.2 Å². The monoisotopic (exact) mass is 420 g/mol. The van der Waals surface area contributed by atoms with E-state index in [1.54, 1.807) is 12.1 Å². The van der Waals surface area contributed by atoms with E-state index in [0.717, 1.165) is 21.0 Å². The predicted molar refractivity (Wildman–Crippen MR) is 122 cm³/mol. The van der Waals surface area contributed by atoms with Gasteiger partial charge in [-0.15, -0.1) is 0 Å². The van der Waals surface area contributed by atoms with Crippen molar-refractivity contribution >= 4 is 72.3 Å². The number of carbonyl (C=O) groups excluding carboxylic acids is 2. The largest absolute Gasteiger partial charge is 0.326 e. The molecule has 0 saturated carbocycles. The molecule has 2 amide bonds. The third-order valence-electron chi connectivity index (χ3n) is 4.17. The number of rotatable bonds is 3. The van der Waals surface area contributed by atoms with Crippen LogP contribution in [0.2, 0.25) is 0 Å². The molecule has 0 bridgehead atoms. The highest BCUT2D eigenvalue weighted by atomic mass is 32.1. The quantitative estimate of drug-likeness (QED) is 0.424. The number of benzene rings is 3. The standard InChI is InChI=1S/C21H16N4O2S2/c1-12(26)22-16-8-9-17-18(11-16)29-21(23-17)25-20(28)24-19(27)15-7-6-13-4-2-3-5-14(13)10-15/h2-11H,1H3,(H,22,26)(H2,23,24,25,27,28). The number of nitrogens with zero attached hydrogens (tertiary/aromatic N) is 1. The number of nitrogens with one attached hydrogen (secondary N) is 3. The Labute approximate surface area is 176 Å². The minimum absolute atomic E-state index is 0.134. The van der Waals surface area contributed by atoms with Crippen LogP contribution in [0.3, 0.4) is 0 Å². The lowest BCUT2D eigenvalue weighted by atomic mass is 10.1. The van der Waals surface area contributed by atoms with Crippen molar-refractivity contribution in [3.63, 3.8) is 0 Å². The fourth-order valence-corrected chi connectivity index (χ4v) is 4.06. The van der Waals surface area contributed by atoms with Gasteiger partial charge in [0.2, 0.25) is 5.91 Å². The molecule has 29 heavy (non-hydrogen) atoms. The van der Waals surface area contributed by atoms with Gasteiger partial charge in [-0.05, 0) is 53.3 Å². The van der Waals surface area contributed by atoms with Gasteiger partial charge in [-0.3, -0.25) is 14.9 Å². The molecule has 144 valence electrons. The van der Waals surface area contributed by atoms with Crippen molar-refractivity contribution in [3.05, 3.63) is 66.2 Å². The minimum atomic E-state index is -0.290. The molecule has 0 atom stereocenters. The van der Waals surface area contributed by atoms with Crippen molar-refractivity contribution in [2.45, 2.75) is 6.92 Å². The van der Waals surface area contributed by atoms with E-state index in [-0.39, 0.29) is 16.9 Å².